The van der Waals surface area contributed by atoms with Crippen LogP contribution < -0.4 is 19.1 Å². The number of nitrogens with zero attached hydrogens (tertiary/aromatic N) is 2. The molecular weight excluding hydrogens is 558 g/mol. The number of anilines is 2. The van der Waals surface area contributed by atoms with Crippen LogP contribution >= 0.6 is 0 Å². The Morgan fingerprint density at radius 1 is 0.953 bits per heavy atom. The summed E-state index contributed by atoms with van der Waals surface area (Å²) in [6, 6.07) is 31.7. The molecule has 0 bridgehead atoms. The Morgan fingerprint density at radius 2 is 1.72 bits per heavy atom. The van der Waals surface area contributed by atoms with E-state index in [4.69, 9.17) is 14.2 Å². The Morgan fingerprint density at radius 3 is 2.49 bits per heavy atom. The molecule has 1 fully saturated rings. The van der Waals surface area contributed by atoms with Crippen LogP contribution in [0.4, 0.5) is 11.4 Å². The van der Waals surface area contributed by atoms with Gasteiger partial charge in [0.25, 0.3) is 0 Å². The third kappa shape index (κ3) is 8.38. The molecular formula is C35H37N3O4S. The van der Waals surface area contributed by atoms with E-state index >= 15 is 0 Å². The van der Waals surface area contributed by atoms with Gasteiger partial charge in [0.2, 0.25) is 0 Å². The average Bonchev–Trinajstić information content (AvgIpc) is 3.56. The molecule has 4 aromatic rings. The van der Waals surface area contributed by atoms with Crippen molar-refractivity contribution in [3.05, 3.63) is 113 Å². The second-order valence-electron chi connectivity index (χ2n) is 10.6. The van der Waals surface area contributed by atoms with E-state index in [0.717, 1.165) is 64.9 Å². The maximum Gasteiger partial charge on any atom is 0.131 e. The highest BCUT2D eigenvalue weighted by molar-refractivity contribution is 7.86. The lowest BCUT2D eigenvalue weighted by molar-refractivity contribution is 0.167. The van der Waals surface area contributed by atoms with Crippen LogP contribution in [-0.2, 0) is 28.8 Å². The zero-order valence-corrected chi connectivity index (χ0v) is 25.4. The minimum Gasteiger partial charge on any atom is -0.493 e. The molecule has 2 unspecified atom stereocenters. The normalized spacial score (nSPS) is 15.0. The van der Waals surface area contributed by atoms with Crippen LogP contribution in [0.15, 0.2) is 91.0 Å². The molecule has 1 aliphatic rings. The smallest absolute Gasteiger partial charge is 0.131 e. The molecule has 43 heavy (non-hydrogen) atoms. The maximum atomic E-state index is 12.3. The Bertz CT molecular complexity index is 1580. The van der Waals surface area contributed by atoms with Crippen molar-refractivity contribution in [1.82, 2.24) is 0 Å². The van der Waals surface area contributed by atoms with Gasteiger partial charge in [0, 0.05) is 43.1 Å². The number of hydrogen-bond donors (Lipinski definition) is 1. The molecule has 1 saturated heterocycles. The molecule has 8 heteroatoms. The first-order valence-corrected chi connectivity index (χ1v) is 15.9. The topological polar surface area (TPSA) is 83.8 Å². The van der Waals surface area contributed by atoms with Crippen molar-refractivity contribution < 1.29 is 18.4 Å². The second kappa shape index (κ2) is 14.7. The fourth-order valence-electron chi connectivity index (χ4n) is 5.03. The number of ether oxygens (including phenoxy) is 3. The fourth-order valence-corrected chi connectivity index (χ4v) is 5.64. The zero-order valence-electron chi connectivity index (χ0n) is 24.6. The molecule has 222 valence electrons. The van der Waals surface area contributed by atoms with E-state index in [-0.39, 0.29) is 0 Å². The lowest BCUT2D eigenvalue weighted by Crippen LogP contribution is -2.23. The van der Waals surface area contributed by atoms with E-state index < -0.39 is 11.0 Å². The van der Waals surface area contributed by atoms with Crippen molar-refractivity contribution >= 4 is 22.4 Å². The van der Waals surface area contributed by atoms with Crippen molar-refractivity contribution in [3.8, 4) is 23.3 Å². The zero-order chi connectivity index (χ0) is 30.0. The molecule has 2 atom stereocenters. The number of nitriles is 1. The maximum absolute atomic E-state index is 12.3. The monoisotopic (exact) mass is 595 g/mol. The van der Waals surface area contributed by atoms with E-state index in [9.17, 15) is 9.47 Å². The molecule has 0 amide bonds. The van der Waals surface area contributed by atoms with Gasteiger partial charge in [-0.2, -0.15) is 5.26 Å². The van der Waals surface area contributed by atoms with E-state index in [0.29, 0.717) is 36.9 Å². The lowest BCUT2D eigenvalue weighted by Gasteiger charge is -2.28. The molecule has 0 aromatic heterocycles. The molecule has 0 aliphatic carbocycles. The average molecular weight is 596 g/mol. The Hall–Kier alpha value is -4.32. The highest BCUT2D eigenvalue weighted by atomic mass is 32.2. The van der Waals surface area contributed by atoms with E-state index in [2.05, 4.69) is 33.9 Å². The minimum atomic E-state index is -1.14. The molecule has 5 rings (SSSR count). The summed E-state index contributed by atoms with van der Waals surface area (Å²) >= 11 is 0. The van der Waals surface area contributed by atoms with Gasteiger partial charge in [0.1, 0.15) is 28.2 Å². The molecule has 4 aromatic carbocycles. The summed E-state index contributed by atoms with van der Waals surface area (Å²) in [5, 5.41) is 9.43. The van der Waals surface area contributed by atoms with E-state index in [1.54, 1.807) is 0 Å². The first kappa shape index (κ1) is 30.1. The van der Waals surface area contributed by atoms with Gasteiger partial charge >= 0.3 is 0 Å². The summed E-state index contributed by atoms with van der Waals surface area (Å²) in [4.78, 5) is 2.28. The first-order chi connectivity index (χ1) is 21.0. The van der Waals surface area contributed by atoms with Gasteiger partial charge < -0.3 is 23.8 Å². The summed E-state index contributed by atoms with van der Waals surface area (Å²) < 4.78 is 33.0. The van der Waals surface area contributed by atoms with Crippen molar-refractivity contribution in [3.63, 3.8) is 0 Å². The van der Waals surface area contributed by atoms with E-state index in [1.807, 2.05) is 86.6 Å². The van der Waals surface area contributed by atoms with Gasteiger partial charge in [-0.25, -0.2) is 4.21 Å². The molecule has 0 spiro atoms. The lowest BCUT2D eigenvalue weighted by atomic mass is 10.1. The van der Waals surface area contributed by atoms with Gasteiger partial charge in [-0.15, -0.1) is 0 Å². The molecule has 0 radical (unpaired) electrons. The second-order valence-corrected chi connectivity index (χ2v) is 12.1. The van der Waals surface area contributed by atoms with Gasteiger partial charge in [0.05, 0.1) is 30.5 Å². The van der Waals surface area contributed by atoms with Gasteiger partial charge in [0.15, 0.2) is 0 Å². The largest absolute Gasteiger partial charge is 0.493 e. The number of nitrogens with one attached hydrogen (secondary N) is 1. The molecule has 1 N–H and O–H groups in total. The standard InChI is InChI=1S/C35H37N3O4S/c1-3-43(39)37-34-11-6-12-35(26(34)2)38(23-29-8-4-7-28(19-29)21-36)22-27-13-15-31(16-14-27)42-33-10-5-9-32(20-33)41-25-30-17-18-40-24-30/h4-16,19-20,30,37H,3,17-18,22-25H2,1-2H3. The van der Waals surface area contributed by atoms with Crippen LogP contribution in [0.25, 0.3) is 0 Å². The summed E-state index contributed by atoms with van der Waals surface area (Å²) in [5.74, 6) is 3.21. The Balaban J connectivity index is 1.32. The SMILES string of the molecule is CCS(=O)Nc1cccc(N(Cc2ccc(Oc3cccc(OCC4CCOC4)c3)cc2)Cc2cccc(C#N)c2)c1C. The highest BCUT2D eigenvalue weighted by Crippen LogP contribution is 2.31. The Kier molecular flexibility index (Phi) is 10.3. The molecule has 0 saturated carbocycles. The van der Waals surface area contributed by atoms with Gasteiger partial charge in [-0.1, -0.05) is 43.3 Å². The number of rotatable bonds is 13. The van der Waals surface area contributed by atoms with Crippen LogP contribution in [0, 0.1) is 24.2 Å². The van der Waals surface area contributed by atoms with Crippen molar-refractivity contribution in [2.75, 3.05) is 35.2 Å². The number of hydrogen-bond acceptors (Lipinski definition) is 6. The molecule has 1 heterocycles. The summed E-state index contributed by atoms with van der Waals surface area (Å²) in [6.45, 7) is 7.38. The van der Waals surface area contributed by atoms with Crippen molar-refractivity contribution in [2.24, 2.45) is 5.92 Å². The third-order valence-electron chi connectivity index (χ3n) is 7.41. The van der Waals surface area contributed by atoms with Crippen LogP contribution in [-0.4, -0.2) is 29.8 Å². The molecule has 1 aliphatic heterocycles. The summed E-state index contributed by atoms with van der Waals surface area (Å²) in [7, 11) is -1.14. The third-order valence-corrected chi connectivity index (χ3v) is 8.38. The first-order valence-electron chi connectivity index (χ1n) is 14.6. The van der Waals surface area contributed by atoms with Crippen molar-refractivity contribution in [1.29, 1.82) is 5.26 Å². The number of benzene rings is 4. The van der Waals surface area contributed by atoms with Crippen LogP contribution in [0.2, 0.25) is 0 Å². The predicted molar refractivity (Wildman–Crippen MR) is 172 cm³/mol. The molecule has 7 nitrogen and oxygen atoms in total. The minimum absolute atomic E-state index is 0.440. The highest BCUT2D eigenvalue weighted by Gasteiger charge is 2.17. The van der Waals surface area contributed by atoms with Crippen LogP contribution in [0.3, 0.4) is 0 Å². The van der Waals surface area contributed by atoms with Crippen molar-refractivity contribution in [2.45, 2.75) is 33.4 Å². The summed E-state index contributed by atoms with van der Waals surface area (Å²) in [5.41, 5.74) is 5.67. The predicted octanol–water partition coefficient (Wildman–Crippen LogP) is 7.38. The summed E-state index contributed by atoms with van der Waals surface area (Å²) in [6.07, 6.45) is 1.04. The quantitative estimate of drug-likeness (QED) is 0.174. The van der Waals surface area contributed by atoms with E-state index in [1.165, 1.54) is 0 Å². The fraction of sp³-hybridized carbons (Fsp3) is 0.286. The Labute approximate surface area is 256 Å². The van der Waals surface area contributed by atoms with Gasteiger partial charge in [-0.3, -0.25) is 0 Å². The van der Waals surface area contributed by atoms with Crippen LogP contribution in [0.1, 0.15) is 35.6 Å². The van der Waals surface area contributed by atoms with Gasteiger partial charge in [-0.05, 0) is 78.6 Å². The van der Waals surface area contributed by atoms with Crippen LogP contribution in [0.5, 0.6) is 17.2 Å².